The molecule has 2 unspecified atom stereocenters. The van der Waals surface area contributed by atoms with E-state index in [1.54, 1.807) is 0 Å². The Balaban J connectivity index is 1.17. The van der Waals surface area contributed by atoms with Crippen LogP contribution in [0.5, 0.6) is 0 Å². The summed E-state index contributed by atoms with van der Waals surface area (Å²) in [6.45, 7) is 5.13. The Morgan fingerprint density at radius 1 is 0.921 bits per heavy atom. The molecule has 194 valence electrons. The summed E-state index contributed by atoms with van der Waals surface area (Å²) in [5.74, 6) is 0. The van der Waals surface area contributed by atoms with Crippen LogP contribution >= 0.6 is 0 Å². The summed E-state index contributed by atoms with van der Waals surface area (Å²) in [6.07, 6.45) is 14.5. The summed E-state index contributed by atoms with van der Waals surface area (Å²) in [5, 5.41) is 3.68. The first-order valence-corrected chi connectivity index (χ1v) is 14.1. The number of aromatic nitrogens is 3. The largest absolute Gasteiger partial charge is 0.310 e. The zero-order valence-corrected chi connectivity index (χ0v) is 22.3. The fraction of sp³-hybridized carbons (Fsp3) is 0.364. The maximum Gasteiger partial charge on any atom is 0.0607 e. The second-order valence-corrected chi connectivity index (χ2v) is 10.7. The average molecular weight is 504 g/mol. The summed E-state index contributed by atoms with van der Waals surface area (Å²) in [5.41, 5.74) is 10.7. The average Bonchev–Trinajstić information content (AvgIpc) is 3.36. The molecule has 3 aromatic heterocycles. The van der Waals surface area contributed by atoms with Crippen LogP contribution in [0.15, 0.2) is 79.4 Å². The van der Waals surface area contributed by atoms with Gasteiger partial charge in [-0.2, -0.15) is 0 Å². The van der Waals surface area contributed by atoms with Gasteiger partial charge in [0.1, 0.15) is 0 Å². The third kappa shape index (κ3) is 5.27. The Morgan fingerprint density at radius 2 is 1.82 bits per heavy atom. The van der Waals surface area contributed by atoms with E-state index in [1.165, 1.54) is 51.2 Å². The Kier molecular flexibility index (Phi) is 7.56. The molecule has 5 heteroatoms. The van der Waals surface area contributed by atoms with Gasteiger partial charge in [0.05, 0.1) is 17.4 Å². The number of nitrogens with one attached hydrogen (secondary N) is 1. The van der Waals surface area contributed by atoms with Gasteiger partial charge in [-0.3, -0.25) is 19.9 Å². The second kappa shape index (κ2) is 11.5. The topological polar surface area (TPSA) is 53.9 Å². The molecule has 1 N–H and O–H groups in total. The van der Waals surface area contributed by atoms with E-state index < -0.39 is 0 Å². The lowest BCUT2D eigenvalue weighted by Crippen LogP contribution is -2.33. The standard InChI is InChI=1S/C33H37N5/c1-24(27-12-7-16-34-22-27)35-17-4-5-20-38(32-14-6-10-25-11-8-18-37-33(25)32)23-31-30-21-26-9-2-3-13-28(26)29(30)15-19-36-31/h2-3,7-9,11-13,15-16,18-19,22,24,32,35H,4-6,10,14,17,20-21,23H2,1H3. The lowest BCUT2D eigenvalue weighted by molar-refractivity contribution is 0.160. The lowest BCUT2D eigenvalue weighted by Gasteiger charge is -2.35. The van der Waals surface area contributed by atoms with Crippen molar-refractivity contribution in [3.05, 3.63) is 113 Å². The van der Waals surface area contributed by atoms with Crippen LogP contribution in [0.4, 0.5) is 0 Å². The number of hydrogen-bond acceptors (Lipinski definition) is 5. The second-order valence-electron chi connectivity index (χ2n) is 10.7. The first-order chi connectivity index (χ1) is 18.8. The molecule has 2 atom stereocenters. The zero-order valence-electron chi connectivity index (χ0n) is 22.3. The van der Waals surface area contributed by atoms with Gasteiger partial charge in [0.2, 0.25) is 0 Å². The lowest BCUT2D eigenvalue weighted by atomic mass is 9.90. The maximum atomic E-state index is 4.94. The zero-order chi connectivity index (χ0) is 25.7. The SMILES string of the molecule is CC(NCCCCN(Cc1nccc2c1Cc1ccccc1-2)C1CCCc2cccnc21)c1cccnc1. The summed E-state index contributed by atoms with van der Waals surface area (Å²) < 4.78 is 0. The van der Waals surface area contributed by atoms with Gasteiger partial charge in [-0.05, 0) is 104 Å². The molecule has 5 nitrogen and oxygen atoms in total. The minimum absolute atomic E-state index is 0.312. The van der Waals surface area contributed by atoms with Crippen molar-refractivity contribution in [1.29, 1.82) is 0 Å². The van der Waals surface area contributed by atoms with Gasteiger partial charge in [-0.25, -0.2) is 0 Å². The number of rotatable bonds is 10. The molecule has 0 saturated heterocycles. The number of aryl methyl sites for hydroxylation is 1. The Bertz CT molecular complexity index is 1370. The molecular formula is C33H37N5. The molecule has 0 saturated carbocycles. The fourth-order valence-corrected chi connectivity index (χ4v) is 6.24. The number of pyridine rings is 3. The molecule has 0 bridgehead atoms. The molecule has 0 fully saturated rings. The van der Waals surface area contributed by atoms with E-state index in [9.17, 15) is 0 Å². The van der Waals surface area contributed by atoms with Gasteiger partial charge in [0, 0.05) is 43.8 Å². The van der Waals surface area contributed by atoms with E-state index in [0.29, 0.717) is 12.1 Å². The predicted octanol–water partition coefficient (Wildman–Crippen LogP) is 6.45. The van der Waals surface area contributed by atoms with E-state index in [2.05, 4.69) is 70.7 Å². The van der Waals surface area contributed by atoms with Crippen molar-refractivity contribution in [2.45, 2.75) is 64.1 Å². The van der Waals surface area contributed by atoms with Gasteiger partial charge in [-0.1, -0.05) is 36.4 Å². The van der Waals surface area contributed by atoms with Crippen molar-refractivity contribution in [2.75, 3.05) is 13.1 Å². The Labute approximate surface area is 226 Å². The molecule has 1 aromatic carbocycles. The summed E-state index contributed by atoms with van der Waals surface area (Å²) in [4.78, 5) is 16.8. The molecule has 0 radical (unpaired) electrons. The van der Waals surface area contributed by atoms with Crippen LogP contribution < -0.4 is 5.32 Å². The molecule has 4 aromatic rings. The Morgan fingerprint density at radius 3 is 2.74 bits per heavy atom. The number of unbranched alkanes of at least 4 members (excludes halogenated alkanes) is 1. The van der Waals surface area contributed by atoms with E-state index in [1.807, 2.05) is 30.9 Å². The highest BCUT2D eigenvalue weighted by molar-refractivity contribution is 5.77. The molecule has 38 heavy (non-hydrogen) atoms. The van der Waals surface area contributed by atoms with Gasteiger partial charge in [0.15, 0.2) is 0 Å². The van der Waals surface area contributed by atoms with Crippen molar-refractivity contribution in [1.82, 2.24) is 25.2 Å². The van der Waals surface area contributed by atoms with Crippen molar-refractivity contribution in [3.8, 4) is 11.1 Å². The summed E-state index contributed by atoms with van der Waals surface area (Å²) in [7, 11) is 0. The molecule has 2 aliphatic rings. The quantitative estimate of drug-likeness (QED) is 0.222. The van der Waals surface area contributed by atoms with Gasteiger partial charge >= 0.3 is 0 Å². The van der Waals surface area contributed by atoms with Gasteiger partial charge in [-0.15, -0.1) is 0 Å². The van der Waals surface area contributed by atoms with E-state index >= 15 is 0 Å². The summed E-state index contributed by atoms with van der Waals surface area (Å²) in [6, 6.07) is 20.2. The van der Waals surface area contributed by atoms with Crippen molar-refractivity contribution in [3.63, 3.8) is 0 Å². The minimum Gasteiger partial charge on any atom is -0.310 e. The summed E-state index contributed by atoms with van der Waals surface area (Å²) >= 11 is 0. The number of hydrogen-bond donors (Lipinski definition) is 1. The monoisotopic (exact) mass is 503 g/mol. The normalized spacial score (nSPS) is 16.6. The van der Waals surface area contributed by atoms with Crippen LogP contribution in [-0.4, -0.2) is 32.9 Å². The van der Waals surface area contributed by atoms with Crippen LogP contribution in [0, 0.1) is 0 Å². The highest BCUT2D eigenvalue weighted by Crippen LogP contribution is 2.39. The first kappa shape index (κ1) is 24.9. The van der Waals surface area contributed by atoms with Crippen molar-refractivity contribution in [2.24, 2.45) is 0 Å². The predicted molar refractivity (Wildman–Crippen MR) is 153 cm³/mol. The van der Waals surface area contributed by atoms with Gasteiger partial charge < -0.3 is 5.32 Å². The van der Waals surface area contributed by atoms with Crippen LogP contribution in [0.3, 0.4) is 0 Å². The van der Waals surface area contributed by atoms with Crippen LogP contribution in [-0.2, 0) is 19.4 Å². The van der Waals surface area contributed by atoms with Crippen LogP contribution in [0.2, 0.25) is 0 Å². The Hall–Kier alpha value is -3.41. The first-order valence-electron chi connectivity index (χ1n) is 14.1. The molecule has 3 heterocycles. The molecule has 0 aliphatic heterocycles. The molecule has 6 rings (SSSR count). The van der Waals surface area contributed by atoms with Crippen molar-refractivity contribution >= 4 is 0 Å². The molecule has 0 spiro atoms. The van der Waals surface area contributed by atoms with Crippen molar-refractivity contribution < 1.29 is 0 Å². The molecule has 0 amide bonds. The van der Waals surface area contributed by atoms with E-state index in [-0.39, 0.29) is 0 Å². The number of benzene rings is 1. The van der Waals surface area contributed by atoms with E-state index in [0.717, 1.165) is 51.7 Å². The molecular weight excluding hydrogens is 466 g/mol. The van der Waals surface area contributed by atoms with E-state index in [4.69, 9.17) is 9.97 Å². The number of fused-ring (bicyclic) bond motifs is 4. The fourth-order valence-electron chi connectivity index (χ4n) is 6.24. The smallest absolute Gasteiger partial charge is 0.0607 e. The third-order valence-electron chi connectivity index (χ3n) is 8.29. The van der Waals surface area contributed by atoms with Gasteiger partial charge in [0.25, 0.3) is 0 Å². The van der Waals surface area contributed by atoms with Crippen LogP contribution in [0.1, 0.15) is 78.3 Å². The minimum atomic E-state index is 0.312. The highest BCUT2D eigenvalue weighted by atomic mass is 15.2. The molecule has 2 aliphatic carbocycles. The highest BCUT2D eigenvalue weighted by Gasteiger charge is 2.29. The maximum absolute atomic E-state index is 4.94. The number of nitrogens with zero attached hydrogens (tertiary/aromatic N) is 4. The third-order valence-corrected chi connectivity index (χ3v) is 8.29. The van der Waals surface area contributed by atoms with Crippen LogP contribution in [0.25, 0.3) is 11.1 Å².